The normalized spacial score (nSPS) is 11.9. The zero-order chi connectivity index (χ0) is 18.4. The van der Waals surface area contributed by atoms with Crippen molar-refractivity contribution >= 4 is 54.6 Å². The van der Waals surface area contributed by atoms with E-state index in [9.17, 15) is 0 Å². The van der Waals surface area contributed by atoms with Crippen LogP contribution in [0.3, 0.4) is 0 Å². The van der Waals surface area contributed by atoms with Crippen molar-refractivity contribution in [2.24, 2.45) is 0 Å². The van der Waals surface area contributed by atoms with Gasteiger partial charge in [0.05, 0.1) is 11.2 Å². The van der Waals surface area contributed by atoms with Crippen LogP contribution in [0.25, 0.3) is 48.9 Å². The summed E-state index contributed by atoms with van der Waals surface area (Å²) < 4.78 is 4.97. The van der Waals surface area contributed by atoms with Gasteiger partial charge in [0, 0.05) is 36.8 Å². The number of fused-ring (bicyclic) bond motifs is 4. The van der Waals surface area contributed by atoms with E-state index < -0.39 is 0 Å². The lowest BCUT2D eigenvalue weighted by Crippen LogP contribution is -1.96. The minimum Gasteiger partial charge on any atom is -0.309 e. The second-order valence-corrected chi connectivity index (χ2v) is 7.72. The van der Waals surface area contributed by atoms with Crippen LogP contribution in [0.15, 0.2) is 79.4 Å². The molecule has 0 bridgehead atoms. The molecule has 0 amide bonds. The summed E-state index contributed by atoms with van der Waals surface area (Å²) in [6.45, 7) is 6.16. The number of hydrogen-bond donors (Lipinski definition) is 0. The first-order valence-corrected chi connectivity index (χ1v) is 9.93. The molecule has 0 saturated heterocycles. The SMILES string of the molecule is C=Cc1c(/C=C\C)c2ccccc2n1-c1ccc2c(c1)sc1ccccc12. The summed E-state index contributed by atoms with van der Waals surface area (Å²) in [4.78, 5) is 0. The number of thiophene rings is 1. The van der Waals surface area contributed by atoms with Gasteiger partial charge in [0.2, 0.25) is 0 Å². The zero-order valence-corrected chi connectivity index (χ0v) is 16.0. The summed E-state index contributed by atoms with van der Waals surface area (Å²) in [5, 5.41) is 3.91. The number of para-hydroxylation sites is 1. The summed E-state index contributed by atoms with van der Waals surface area (Å²) in [5.74, 6) is 0. The molecular formula is C25H19NS. The Hall–Kier alpha value is -3.10. The van der Waals surface area contributed by atoms with Crippen LogP contribution in [0.5, 0.6) is 0 Å². The minimum atomic E-state index is 1.13. The van der Waals surface area contributed by atoms with Crippen LogP contribution in [0.2, 0.25) is 0 Å². The third kappa shape index (κ3) is 2.37. The molecule has 0 spiro atoms. The molecule has 0 aliphatic heterocycles. The Morgan fingerprint density at radius 3 is 2.41 bits per heavy atom. The lowest BCUT2D eigenvalue weighted by molar-refractivity contribution is 1.11. The van der Waals surface area contributed by atoms with Crippen molar-refractivity contribution in [3.63, 3.8) is 0 Å². The highest BCUT2D eigenvalue weighted by atomic mass is 32.1. The maximum absolute atomic E-state index is 4.10. The second-order valence-electron chi connectivity index (χ2n) is 6.63. The van der Waals surface area contributed by atoms with Gasteiger partial charge in [-0.15, -0.1) is 11.3 Å². The van der Waals surface area contributed by atoms with E-state index in [0.29, 0.717) is 0 Å². The van der Waals surface area contributed by atoms with Gasteiger partial charge in [0.1, 0.15) is 0 Å². The van der Waals surface area contributed by atoms with E-state index >= 15 is 0 Å². The highest BCUT2D eigenvalue weighted by Gasteiger charge is 2.15. The van der Waals surface area contributed by atoms with Gasteiger partial charge in [-0.1, -0.05) is 61.2 Å². The fourth-order valence-electron chi connectivity index (χ4n) is 3.96. The summed E-state index contributed by atoms with van der Waals surface area (Å²) in [5.41, 5.74) is 4.74. The van der Waals surface area contributed by atoms with Gasteiger partial charge in [-0.2, -0.15) is 0 Å². The van der Waals surface area contributed by atoms with Crippen LogP contribution in [-0.4, -0.2) is 4.57 Å². The highest BCUT2D eigenvalue weighted by Crippen LogP contribution is 2.37. The monoisotopic (exact) mass is 365 g/mol. The molecule has 0 aliphatic rings. The van der Waals surface area contributed by atoms with Crippen molar-refractivity contribution in [1.82, 2.24) is 4.57 Å². The van der Waals surface area contributed by atoms with Crippen LogP contribution in [-0.2, 0) is 0 Å². The molecule has 0 N–H and O–H groups in total. The molecule has 0 unspecified atom stereocenters. The lowest BCUT2D eigenvalue weighted by atomic mass is 10.1. The molecule has 5 aromatic rings. The van der Waals surface area contributed by atoms with Crippen LogP contribution >= 0.6 is 11.3 Å². The third-order valence-corrected chi connectivity index (χ3v) is 6.23. The quantitative estimate of drug-likeness (QED) is 0.309. The molecule has 5 rings (SSSR count). The fraction of sp³-hybridized carbons (Fsp3) is 0.0400. The average Bonchev–Trinajstić information content (AvgIpc) is 3.23. The maximum atomic E-state index is 4.10. The van der Waals surface area contributed by atoms with E-state index in [4.69, 9.17) is 0 Å². The first-order valence-electron chi connectivity index (χ1n) is 9.12. The highest BCUT2D eigenvalue weighted by molar-refractivity contribution is 7.25. The van der Waals surface area contributed by atoms with Gasteiger partial charge in [-0.05, 0) is 37.3 Å². The largest absolute Gasteiger partial charge is 0.309 e. The number of hydrogen-bond acceptors (Lipinski definition) is 1. The summed E-state index contributed by atoms with van der Waals surface area (Å²) in [7, 11) is 0. The van der Waals surface area contributed by atoms with Gasteiger partial charge >= 0.3 is 0 Å². The van der Waals surface area contributed by atoms with Gasteiger partial charge in [-0.3, -0.25) is 0 Å². The Morgan fingerprint density at radius 2 is 1.59 bits per heavy atom. The van der Waals surface area contributed by atoms with Crippen LogP contribution in [0.1, 0.15) is 18.2 Å². The first kappa shape index (κ1) is 16.1. The zero-order valence-electron chi connectivity index (χ0n) is 15.1. The molecular weight excluding hydrogens is 346 g/mol. The van der Waals surface area contributed by atoms with Crippen molar-refractivity contribution < 1.29 is 0 Å². The Morgan fingerprint density at radius 1 is 0.852 bits per heavy atom. The van der Waals surface area contributed by atoms with Crippen LogP contribution < -0.4 is 0 Å². The number of aromatic nitrogens is 1. The van der Waals surface area contributed by atoms with E-state index in [1.165, 1.54) is 42.3 Å². The predicted octanol–water partition coefficient (Wildman–Crippen LogP) is 7.67. The molecule has 130 valence electrons. The molecule has 0 radical (unpaired) electrons. The third-order valence-electron chi connectivity index (χ3n) is 5.10. The molecule has 0 atom stereocenters. The Labute approximate surface area is 162 Å². The number of rotatable bonds is 3. The number of nitrogens with zero attached hydrogens (tertiary/aromatic N) is 1. The van der Waals surface area contributed by atoms with Gasteiger partial charge in [0.25, 0.3) is 0 Å². The molecule has 3 aromatic carbocycles. The van der Waals surface area contributed by atoms with E-state index in [2.05, 4.69) is 97.0 Å². The summed E-state index contributed by atoms with van der Waals surface area (Å²) >= 11 is 1.85. The fourth-order valence-corrected chi connectivity index (χ4v) is 5.10. The predicted molar refractivity (Wildman–Crippen MR) is 121 cm³/mol. The lowest BCUT2D eigenvalue weighted by Gasteiger charge is -2.09. The molecule has 2 heterocycles. The van der Waals surface area contributed by atoms with E-state index in [1.54, 1.807) is 0 Å². The number of benzene rings is 3. The first-order chi connectivity index (χ1) is 13.3. The standard InChI is InChI=1S/C25H19NS/c1-3-9-18-19-10-5-7-12-23(19)26(22(18)4-2)17-14-15-21-20-11-6-8-13-24(20)27-25(21)16-17/h3-16H,2H2,1H3/b9-3-. The topological polar surface area (TPSA) is 4.93 Å². The van der Waals surface area contributed by atoms with Crippen molar-refractivity contribution in [1.29, 1.82) is 0 Å². The molecule has 0 aliphatic carbocycles. The maximum Gasteiger partial charge on any atom is 0.0541 e. The van der Waals surface area contributed by atoms with E-state index in [1.807, 2.05) is 17.4 Å². The summed E-state index contributed by atoms with van der Waals surface area (Å²) in [6, 6.07) is 24.0. The molecule has 1 nitrogen and oxygen atoms in total. The smallest absolute Gasteiger partial charge is 0.0541 e. The average molecular weight is 366 g/mol. The minimum absolute atomic E-state index is 1.13. The Kier molecular flexibility index (Phi) is 3.73. The molecule has 27 heavy (non-hydrogen) atoms. The van der Waals surface area contributed by atoms with E-state index in [-0.39, 0.29) is 0 Å². The van der Waals surface area contributed by atoms with Crippen molar-refractivity contribution in [2.75, 3.05) is 0 Å². The molecule has 2 aromatic heterocycles. The number of allylic oxidation sites excluding steroid dienone is 1. The molecule has 0 saturated carbocycles. The Bertz CT molecular complexity index is 1350. The van der Waals surface area contributed by atoms with Crippen LogP contribution in [0, 0.1) is 0 Å². The second kappa shape index (κ2) is 6.26. The van der Waals surface area contributed by atoms with Crippen molar-refractivity contribution in [3.05, 3.63) is 90.6 Å². The van der Waals surface area contributed by atoms with Gasteiger partial charge in [-0.25, -0.2) is 0 Å². The van der Waals surface area contributed by atoms with Crippen molar-refractivity contribution in [3.8, 4) is 5.69 Å². The van der Waals surface area contributed by atoms with Gasteiger partial charge < -0.3 is 4.57 Å². The Balaban J connectivity index is 1.85. The van der Waals surface area contributed by atoms with Crippen LogP contribution in [0.4, 0.5) is 0 Å². The van der Waals surface area contributed by atoms with E-state index in [0.717, 1.165) is 5.69 Å². The summed E-state index contributed by atoms with van der Waals surface area (Å²) in [6.07, 6.45) is 6.23. The molecule has 2 heteroatoms. The molecule has 0 fully saturated rings. The van der Waals surface area contributed by atoms with Crippen molar-refractivity contribution in [2.45, 2.75) is 6.92 Å². The van der Waals surface area contributed by atoms with Gasteiger partial charge in [0.15, 0.2) is 0 Å².